The second-order valence-electron chi connectivity index (χ2n) is 7.69. The van der Waals surface area contributed by atoms with Gasteiger partial charge in [-0.25, -0.2) is 9.55 Å². The van der Waals surface area contributed by atoms with Crippen LogP contribution < -0.4 is 14.4 Å². The number of benzene rings is 4. The number of hydrogen-bond donors (Lipinski definition) is 1. The topological polar surface area (TPSA) is 60.5 Å². The van der Waals surface area contributed by atoms with Crippen molar-refractivity contribution in [2.24, 2.45) is 0 Å². The lowest BCUT2D eigenvalue weighted by atomic mass is 10.2. The number of nitrogens with zero attached hydrogens (tertiary/aromatic N) is 1. The quantitative estimate of drug-likeness (QED) is 0.238. The first-order valence-corrected chi connectivity index (χ1v) is 12.6. The second kappa shape index (κ2) is 9.82. The summed E-state index contributed by atoms with van der Waals surface area (Å²) in [6, 6.07) is 39.3. The Morgan fingerprint density at radius 3 is 1.76 bits per heavy atom. The molecule has 0 bridgehead atoms. The highest BCUT2D eigenvalue weighted by Gasteiger charge is 2.42. The van der Waals surface area contributed by atoms with Gasteiger partial charge in [0.15, 0.2) is 5.78 Å². The molecule has 0 aliphatic carbocycles. The Bertz CT molecular complexity index is 1370. The first-order valence-electron chi connectivity index (χ1n) is 11.0. The van der Waals surface area contributed by atoms with E-state index in [1.54, 1.807) is 24.3 Å². The lowest BCUT2D eigenvalue weighted by Gasteiger charge is -2.28. The number of rotatable bonds is 8. The Morgan fingerprint density at radius 1 is 0.618 bits per heavy atom. The number of para-hydroxylation sites is 4. The highest BCUT2D eigenvalue weighted by molar-refractivity contribution is 7.55. The maximum Gasteiger partial charge on any atom is 0.459 e. The van der Waals surface area contributed by atoms with Gasteiger partial charge in [0, 0.05) is 11.1 Å². The molecule has 0 aliphatic heterocycles. The van der Waals surface area contributed by atoms with Crippen molar-refractivity contribution >= 4 is 24.2 Å². The summed E-state index contributed by atoms with van der Waals surface area (Å²) in [7, 11) is -3.91. The second-order valence-corrected chi connectivity index (χ2v) is 9.65. The van der Waals surface area contributed by atoms with E-state index in [0.717, 1.165) is 16.6 Å². The third kappa shape index (κ3) is 4.95. The van der Waals surface area contributed by atoms with Crippen LogP contribution in [-0.2, 0) is 4.57 Å². The van der Waals surface area contributed by atoms with Crippen molar-refractivity contribution in [3.05, 3.63) is 133 Å². The van der Waals surface area contributed by atoms with Gasteiger partial charge in [-0.2, -0.15) is 0 Å². The number of anilines is 1. The van der Waals surface area contributed by atoms with Crippen LogP contribution in [0.25, 0.3) is 10.9 Å². The number of aromatic nitrogens is 1. The van der Waals surface area contributed by atoms with E-state index in [9.17, 15) is 4.57 Å². The normalized spacial score (nSPS) is 12.1. The minimum Gasteiger partial charge on any atom is -0.414 e. The minimum absolute atomic E-state index is 0.447. The molecule has 0 fully saturated rings. The van der Waals surface area contributed by atoms with Gasteiger partial charge in [0.05, 0.1) is 11.2 Å². The molecular formula is C28H23N2O3P. The predicted octanol–water partition coefficient (Wildman–Crippen LogP) is 7.70. The van der Waals surface area contributed by atoms with E-state index in [1.165, 1.54) is 0 Å². The fourth-order valence-electron chi connectivity index (χ4n) is 3.62. The molecule has 5 rings (SSSR count). The van der Waals surface area contributed by atoms with E-state index < -0.39 is 13.4 Å². The summed E-state index contributed by atoms with van der Waals surface area (Å²) >= 11 is 0. The van der Waals surface area contributed by atoms with E-state index in [4.69, 9.17) is 14.0 Å². The van der Waals surface area contributed by atoms with Crippen LogP contribution in [0.5, 0.6) is 11.5 Å². The molecule has 0 spiro atoms. The molecule has 0 saturated carbocycles. The monoisotopic (exact) mass is 466 g/mol. The van der Waals surface area contributed by atoms with Crippen LogP contribution in [0.15, 0.2) is 127 Å². The molecule has 5 aromatic rings. The van der Waals surface area contributed by atoms with Crippen molar-refractivity contribution in [3.63, 3.8) is 0 Å². The van der Waals surface area contributed by atoms with Crippen LogP contribution in [0.4, 0.5) is 5.69 Å². The third-order valence-electron chi connectivity index (χ3n) is 5.25. The lowest BCUT2D eigenvalue weighted by molar-refractivity contribution is 0.375. The number of nitrogens with one attached hydrogen (secondary N) is 1. The van der Waals surface area contributed by atoms with Crippen molar-refractivity contribution in [2.75, 3.05) is 5.32 Å². The summed E-state index contributed by atoms with van der Waals surface area (Å²) < 4.78 is 26.9. The molecule has 1 aromatic heterocycles. The molecule has 0 aliphatic rings. The average Bonchev–Trinajstić information content (AvgIpc) is 2.89. The first kappa shape index (κ1) is 21.7. The SMILES string of the molecule is O=P(Oc1ccccc1)(Oc1ccccc1)C(Nc1ccccc1)c1ccc2ccccc2n1. The van der Waals surface area contributed by atoms with Crippen molar-refractivity contribution in [1.82, 2.24) is 4.98 Å². The van der Waals surface area contributed by atoms with Crippen molar-refractivity contribution in [2.45, 2.75) is 5.78 Å². The summed E-state index contributed by atoms with van der Waals surface area (Å²) in [5.74, 6) is 0.0183. The standard InChI is InChI=1S/C28H23N2O3P/c31-34(32-24-15-6-2-7-16-24,33-25-17-8-3-9-18-25)28(29-23-13-4-1-5-14-23)27-21-20-22-12-10-11-19-26(22)30-27/h1-21,28-29H. The van der Waals surface area contributed by atoms with Gasteiger partial charge in [-0.1, -0.05) is 78.9 Å². The highest BCUT2D eigenvalue weighted by Crippen LogP contribution is 2.59. The Hall–Kier alpha value is -4.08. The van der Waals surface area contributed by atoms with E-state index in [1.807, 2.05) is 103 Å². The van der Waals surface area contributed by atoms with Gasteiger partial charge in [-0.3, -0.25) is 0 Å². The Morgan fingerprint density at radius 2 is 1.15 bits per heavy atom. The number of fused-ring (bicyclic) bond motifs is 1. The zero-order chi connectivity index (χ0) is 23.2. The summed E-state index contributed by atoms with van der Waals surface area (Å²) in [6.45, 7) is 0. The van der Waals surface area contributed by atoms with Gasteiger partial charge >= 0.3 is 7.60 Å². The molecule has 0 saturated heterocycles. The Labute approximate surface area is 198 Å². The molecule has 1 unspecified atom stereocenters. The van der Waals surface area contributed by atoms with E-state index in [2.05, 4.69) is 5.32 Å². The summed E-state index contributed by atoms with van der Waals surface area (Å²) in [4.78, 5) is 4.83. The molecule has 4 aromatic carbocycles. The molecular weight excluding hydrogens is 443 g/mol. The highest BCUT2D eigenvalue weighted by atomic mass is 31.2. The zero-order valence-electron chi connectivity index (χ0n) is 18.3. The van der Waals surface area contributed by atoms with Crippen molar-refractivity contribution in [1.29, 1.82) is 0 Å². The molecule has 0 amide bonds. The first-order chi connectivity index (χ1) is 16.7. The number of hydrogen-bond acceptors (Lipinski definition) is 5. The fraction of sp³-hybridized carbons (Fsp3) is 0.0357. The predicted molar refractivity (Wildman–Crippen MR) is 136 cm³/mol. The average molecular weight is 466 g/mol. The molecule has 6 heteroatoms. The van der Waals surface area contributed by atoms with Crippen LogP contribution in [0.2, 0.25) is 0 Å². The maximum absolute atomic E-state index is 14.6. The van der Waals surface area contributed by atoms with E-state index in [-0.39, 0.29) is 0 Å². The maximum atomic E-state index is 14.6. The summed E-state index contributed by atoms with van der Waals surface area (Å²) in [5, 5.41) is 4.36. The van der Waals surface area contributed by atoms with Crippen molar-refractivity contribution < 1.29 is 13.6 Å². The molecule has 168 valence electrons. The van der Waals surface area contributed by atoms with Gasteiger partial charge in [0.1, 0.15) is 11.5 Å². The number of pyridine rings is 1. The summed E-state index contributed by atoms with van der Waals surface area (Å²) in [6.07, 6.45) is 0. The zero-order valence-corrected chi connectivity index (χ0v) is 19.2. The molecule has 0 radical (unpaired) electrons. The van der Waals surface area contributed by atoms with Crippen LogP contribution in [0.1, 0.15) is 11.5 Å². The summed E-state index contributed by atoms with van der Waals surface area (Å²) in [5.41, 5.74) is 2.12. The van der Waals surface area contributed by atoms with Gasteiger partial charge in [0.25, 0.3) is 0 Å². The smallest absolute Gasteiger partial charge is 0.414 e. The van der Waals surface area contributed by atoms with E-state index in [0.29, 0.717) is 17.2 Å². The van der Waals surface area contributed by atoms with Gasteiger partial charge in [0.2, 0.25) is 0 Å². The molecule has 5 nitrogen and oxygen atoms in total. The van der Waals surface area contributed by atoms with Crippen LogP contribution >= 0.6 is 7.60 Å². The molecule has 34 heavy (non-hydrogen) atoms. The molecule has 1 atom stereocenters. The lowest BCUT2D eigenvalue weighted by Crippen LogP contribution is -2.19. The van der Waals surface area contributed by atoms with E-state index >= 15 is 0 Å². The van der Waals surface area contributed by atoms with Crippen LogP contribution in [-0.4, -0.2) is 4.98 Å². The van der Waals surface area contributed by atoms with Crippen LogP contribution in [0, 0.1) is 0 Å². The van der Waals surface area contributed by atoms with Crippen LogP contribution in [0.3, 0.4) is 0 Å². The molecule has 1 N–H and O–H groups in total. The van der Waals surface area contributed by atoms with Gasteiger partial charge in [-0.05, 0) is 48.5 Å². The fourth-order valence-corrected chi connectivity index (χ4v) is 5.48. The Balaban J connectivity index is 1.63. The van der Waals surface area contributed by atoms with Gasteiger partial charge < -0.3 is 14.4 Å². The van der Waals surface area contributed by atoms with Crippen molar-refractivity contribution in [3.8, 4) is 11.5 Å². The molecule has 1 heterocycles. The minimum atomic E-state index is -3.91. The largest absolute Gasteiger partial charge is 0.459 e. The third-order valence-corrected chi connectivity index (χ3v) is 7.20. The van der Waals surface area contributed by atoms with Gasteiger partial charge in [-0.15, -0.1) is 0 Å². The Kier molecular flexibility index (Phi) is 6.28.